The van der Waals surface area contributed by atoms with Gasteiger partial charge in [0, 0.05) is 17.6 Å². The maximum absolute atomic E-state index is 12.7. The van der Waals surface area contributed by atoms with Gasteiger partial charge in [-0.15, -0.1) is 0 Å². The molecule has 0 bridgehead atoms. The molecule has 8 heteroatoms. The second kappa shape index (κ2) is 8.32. The van der Waals surface area contributed by atoms with Crippen molar-refractivity contribution in [3.8, 4) is 11.4 Å². The van der Waals surface area contributed by atoms with Crippen molar-refractivity contribution in [1.82, 2.24) is 9.58 Å². The van der Waals surface area contributed by atoms with E-state index >= 15 is 0 Å². The van der Waals surface area contributed by atoms with Crippen LogP contribution >= 0.6 is 11.8 Å². The molecule has 0 aliphatic carbocycles. The van der Waals surface area contributed by atoms with Crippen LogP contribution in [0.4, 0.5) is 0 Å². The smallest absolute Gasteiger partial charge is 0.283 e. The number of hydrogen-bond donors (Lipinski definition) is 1. The summed E-state index contributed by atoms with van der Waals surface area (Å²) in [6.45, 7) is 2.27. The normalized spacial score (nSPS) is 16.8. The number of hydrogen-bond acceptors (Lipinski definition) is 5. The fourth-order valence-corrected chi connectivity index (χ4v) is 4.26. The first-order valence-corrected chi connectivity index (χ1v) is 10.8. The Morgan fingerprint density at radius 2 is 1.84 bits per heavy atom. The molecule has 1 aromatic heterocycles. The van der Waals surface area contributed by atoms with Crippen molar-refractivity contribution < 1.29 is 9.53 Å². The number of amidine groups is 2. The van der Waals surface area contributed by atoms with Gasteiger partial charge in [-0.25, -0.2) is 0 Å². The molecule has 0 radical (unpaired) electrons. The quantitative estimate of drug-likeness (QED) is 0.592. The summed E-state index contributed by atoms with van der Waals surface area (Å²) in [5.41, 5.74) is 3.10. The summed E-state index contributed by atoms with van der Waals surface area (Å²) < 4.78 is 7.73. The van der Waals surface area contributed by atoms with Crippen LogP contribution in [0.2, 0.25) is 0 Å². The molecule has 1 amide bonds. The minimum atomic E-state index is -0.452. The third-order valence-corrected chi connectivity index (χ3v) is 5.93. The second-order valence-corrected chi connectivity index (χ2v) is 8.25. The number of hydrazone groups is 1. The molecule has 0 fully saturated rings. The van der Waals surface area contributed by atoms with Crippen molar-refractivity contribution in [1.29, 1.82) is 5.41 Å². The van der Waals surface area contributed by atoms with E-state index in [1.54, 1.807) is 6.08 Å². The van der Waals surface area contributed by atoms with Gasteiger partial charge in [-0.3, -0.25) is 10.2 Å². The van der Waals surface area contributed by atoms with Gasteiger partial charge in [0.15, 0.2) is 5.84 Å². The summed E-state index contributed by atoms with van der Waals surface area (Å²) in [7, 11) is 0. The largest absolute Gasteiger partial charge is 0.487 e. The maximum atomic E-state index is 12.7. The molecular weight excluding hydrogens is 422 g/mol. The summed E-state index contributed by atoms with van der Waals surface area (Å²) in [4.78, 5) is 16.9. The summed E-state index contributed by atoms with van der Waals surface area (Å²) in [5.74, 6) is 0.276. The molecule has 1 N–H and O–H groups in total. The molecule has 0 spiro atoms. The maximum Gasteiger partial charge on any atom is 0.283 e. The lowest BCUT2D eigenvalue weighted by Crippen LogP contribution is -2.35. The van der Waals surface area contributed by atoms with E-state index in [4.69, 9.17) is 10.1 Å². The number of thioether (sulfide) groups is 1. The molecule has 32 heavy (non-hydrogen) atoms. The Labute approximate surface area is 189 Å². The van der Waals surface area contributed by atoms with Crippen LogP contribution in [0, 0.1) is 12.3 Å². The van der Waals surface area contributed by atoms with Crippen molar-refractivity contribution in [2.45, 2.75) is 6.92 Å². The average molecular weight is 442 g/mol. The lowest BCUT2D eigenvalue weighted by Gasteiger charge is -2.20. The van der Waals surface area contributed by atoms with Crippen LogP contribution < -0.4 is 4.74 Å². The Hall–Kier alpha value is -3.91. The van der Waals surface area contributed by atoms with Crippen LogP contribution in [-0.2, 0) is 4.79 Å². The fraction of sp³-hybridized carbons (Fsp3) is 0.0833. The molecule has 3 heterocycles. The van der Waals surface area contributed by atoms with Gasteiger partial charge >= 0.3 is 0 Å². The van der Waals surface area contributed by atoms with Crippen LogP contribution in [0.3, 0.4) is 0 Å². The van der Waals surface area contributed by atoms with E-state index < -0.39 is 5.91 Å². The Morgan fingerprint density at radius 3 is 2.66 bits per heavy atom. The van der Waals surface area contributed by atoms with Crippen LogP contribution in [-0.4, -0.2) is 38.1 Å². The van der Waals surface area contributed by atoms with Crippen molar-refractivity contribution in [3.63, 3.8) is 0 Å². The van der Waals surface area contributed by atoms with Crippen molar-refractivity contribution >= 4 is 39.8 Å². The van der Waals surface area contributed by atoms with Gasteiger partial charge < -0.3 is 9.30 Å². The van der Waals surface area contributed by atoms with Gasteiger partial charge in [0.25, 0.3) is 5.91 Å². The Kier molecular flexibility index (Phi) is 5.20. The third-order valence-electron chi connectivity index (χ3n) is 5.05. The van der Waals surface area contributed by atoms with E-state index in [-0.39, 0.29) is 18.0 Å². The van der Waals surface area contributed by atoms with Crippen LogP contribution in [0.15, 0.2) is 88.6 Å². The van der Waals surface area contributed by atoms with Crippen molar-refractivity contribution in [2.75, 3.05) is 6.61 Å². The van der Waals surface area contributed by atoms with Gasteiger partial charge in [-0.2, -0.15) is 15.1 Å². The standard InChI is InChI=1S/C24H19N5O2S/c1-16-8-5-6-12-20(16)28-13-7-9-17(28)14-19-22(25)29-24(26-23(19)30)32-21(27-29)15-31-18-10-3-2-4-11-18/h2-14,25H,15H2,1H3/b19-14+,25-22?. The van der Waals surface area contributed by atoms with E-state index in [1.807, 2.05) is 84.4 Å². The number of carbonyl (C=O) groups is 1. The Morgan fingerprint density at radius 1 is 1.06 bits per heavy atom. The average Bonchev–Trinajstić information content (AvgIpc) is 3.43. The summed E-state index contributed by atoms with van der Waals surface area (Å²) in [6, 6.07) is 21.2. The zero-order valence-corrected chi connectivity index (χ0v) is 18.0. The molecule has 3 aromatic rings. The molecule has 5 rings (SSSR count). The number of ether oxygens (including phenoxy) is 1. The molecule has 2 aliphatic heterocycles. The van der Waals surface area contributed by atoms with Gasteiger partial charge in [0.1, 0.15) is 17.4 Å². The van der Waals surface area contributed by atoms with E-state index in [9.17, 15) is 4.79 Å². The van der Waals surface area contributed by atoms with Gasteiger partial charge in [-0.1, -0.05) is 36.4 Å². The van der Waals surface area contributed by atoms with E-state index in [1.165, 1.54) is 16.8 Å². The van der Waals surface area contributed by atoms with Gasteiger partial charge in [0.05, 0.1) is 5.57 Å². The minimum absolute atomic E-state index is 0.000236. The third kappa shape index (κ3) is 3.76. The van der Waals surface area contributed by atoms with Crippen LogP contribution in [0.1, 0.15) is 11.3 Å². The van der Waals surface area contributed by atoms with Crippen LogP contribution in [0.5, 0.6) is 5.75 Å². The molecule has 0 saturated carbocycles. The number of benzene rings is 2. The zero-order chi connectivity index (χ0) is 22.1. The molecule has 2 aliphatic rings. The molecule has 7 nitrogen and oxygen atoms in total. The summed E-state index contributed by atoms with van der Waals surface area (Å²) in [6.07, 6.45) is 3.62. The first kappa shape index (κ1) is 20.0. The van der Waals surface area contributed by atoms with E-state index in [2.05, 4.69) is 10.1 Å². The zero-order valence-electron chi connectivity index (χ0n) is 17.2. The van der Waals surface area contributed by atoms with Gasteiger partial charge in [-0.05, 0) is 60.7 Å². The monoisotopic (exact) mass is 441 g/mol. The Balaban J connectivity index is 1.40. The Bertz CT molecular complexity index is 1310. The highest BCUT2D eigenvalue weighted by atomic mass is 32.2. The van der Waals surface area contributed by atoms with E-state index in [0.717, 1.165) is 22.7 Å². The molecule has 2 aromatic carbocycles. The number of amides is 1. The second-order valence-electron chi connectivity index (χ2n) is 7.21. The SMILES string of the molecule is Cc1ccccc1-n1cccc1/C=C1\C(=N)N2N=C(COc3ccccc3)SC2=NC1=O. The van der Waals surface area contributed by atoms with E-state index in [0.29, 0.717) is 10.2 Å². The predicted molar refractivity (Wildman–Crippen MR) is 127 cm³/mol. The molecule has 0 unspecified atom stereocenters. The number of nitrogens with one attached hydrogen (secondary N) is 1. The van der Waals surface area contributed by atoms with Crippen molar-refractivity contribution in [3.05, 3.63) is 89.8 Å². The van der Waals surface area contributed by atoms with Crippen LogP contribution in [0.25, 0.3) is 11.8 Å². The lowest BCUT2D eigenvalue weighted by atomic mass is 10.1. The first-order valence-electron chi connectivity index (χ1n) is 10.0. The number of fused-ring (bicyclic) bond motifs is 1. The number of para-hydroxylation sites is 2. The topological polar surface area (TPSA) is 83.0 Å². The first-order chi connectivity index (χ1) is 15.6. The molecule has 158 valence electrons. The number of aryl methyl sites for hydroxylation is 1. The van der Waals surface area contributed by atoms with Gasteiger partial charge in [0.2, 0.25) is 5.17 Å². The highest BCUT2D eigenvalue weighted by molar-refractivity contribution is 8.27. The number of rotatable bonds is 5. The molecular formula is C24H19N5O2S. The summed E-state index contributed by atoms with van der Waals surface area (Å²) in [5, 5.41) is 15.4. The highest BCUT2D eigenvalue weighted by Gasteiger charge is 2.36. The number of nitrogens with zero attached hydrogens (tertiary/aromatic N) is 4. The highest BCUT2D eigenvalue weighted by Crippen LogP contribution is 2.29. The molecule has 0 saturated heterocycles. The summed E-state index contributed by atoms with van der Waals surface area (Å²) >= 11 is 1.24. The number of aliphatic imine (C=N–C) groups is 1. The number of aromatic nitrogens is 1. The van der Waals surface area contributed by atoms with Crippen molar-refractivity contribution in [2.24, 2.45) is 10.1 Å². The minimum Gasteiger partial charge on any atom is -0.487 e. The predicted octanol–water partition coefficient (Wildman–Crippen LogP) is 4.48. The number of carbonyl (C=O) groups excluding carboxylic acids is 1. The molecule has 0 atom stereocenters. The fourth-order valence-electron chi connectivity index (χ4n) is 3.46. The lowest BCUT2D eigenvalue weighted by molar-refractivity contribution is -0.114.